The average Bonchev–Trinajstić information content (AvgIpc) is 2.88. The van der Waals surface area contributed by atoms with Gasteiger partial charge in [-0.25, -0.2) is 4.79 Å². The number of nitrogens with zero attached hydrogens (tertiary/aromatic N) is 3. The van der Waals surface area contributed by atoms with E-state index in [0.29, 0.717) is 16.7 Å². The summed E-state index contributed by atoms with van der Waals surface area (Å²) in [5.74, 6) is 3.30. The Morgan fingerprint density at radius 2 is 1.90 bits per heavy atom. The Morgan fingerprint density at radius 3 is 2.45 bits per heavy atom. The third kappa shape index (κ3) is 6.73. The van der Waals surface area contributed by atoms with E-state index >= 15 is 0 Å². The lowest BCUT2D eigenvalue weighted by atomic mass is 10.1. The second-order valence-electron chi connectivity index (χ2n) is 9.26. The molecule has 8 heteroatoms. The van der Waals surface area contributed by atoms with Crippen LogP contribution < -0.4 is 5.32 Å². The Kier molecular flexibility index (Phi) is 6.55. The summed E-state index contributed by atoms with van der Waals surface area (Å²) in [7, 11) is 2.08. The van der Waals surface area contributed by atoms with Gasteiger partial charge in [0.15, 0.2) is 5.82 Å². The number of carbonyl (C=O) groups excluding carboxylic acids is 2. The molecule has 0 spiro atoms. The van der Waals surface area contributed by atoms with Gasteiger partial charge in [-0.1, -0.05) is 25.6 Å². The van der Waals surface area contributed by atoms with Gasteiger partial charge in [-0.2, -0.15) is 4.68 Å². The van der Waals surface area contributed by atoms with Gasteiger partial charge in [0.25, 0.3) is 0 Å². The number of ether oxygens (including phenoxy) is 1. The molecule has 2 rings (SSSR count). The summed E-state index contributed by atoms with van der Waals surface area (Å²) in [6.07, 6.45) is -0.600. The summed E-state index contributed by atoms with van der Waals surface area (Å²) in [6.45, 7) is 12.1. The first-order valence-corrected chi connectivity index (χ1v) is 13.0. The van der Waals surface area contributed by atoms with Crippen molar-refractivity contribution in [3.8, 4) is 11.5 Å². The van der Waals surface area contributed by atoms with Crippen molar-refractivity contribution in [3.05, 3.63) is 23.8 Å². The maximum Gasteiger partial charge on any atom is 0.435 e. The van der Waals surface area contributed by atoms with E-state index in [1.807, 2.05) is 12.1 Å². The number of hydrogen-bond acceptors (Lipinski definition) is 5. The molecule has 1 N–H and O–H groups in total. The van der Waals surface area contributed by atoms with Crippen LogP contribution in [0.15, 0.2) is 18.2 Å². The normalized spacial score (nSPS) is 11.9. The number of fused-ring (bicyclic) bond motifs is 1. The van der Waals surface area contributed by atoms with E-state index in [1.165, 1.54) is 4.68 Å². The third-order valence-corrected chi connectivity index (χ3v) is 4.42. The maximum absolute atomic E-state index is 12.6. The molecule has 0 aliphatic carbocycles. The monoisotopic (exact) mass is 414 g/mol. The Labute approximate surface area is 173 Å². The fourth-order valence-corrected chi connectivity index (χ4v) is 2.97. The summed E-state index contributed by atoms with van der Waals surface area (Å²) < 4.78 is 6.64. The molecule has 156 valence electrons. The molecule has 0 bridgehead atoms. The van der Waals surface area contributed by atoms with Gasteiger partial charge in [0, 0.05) is 10.9 Å². The highest BCUT2D eigenvalue weighted by Crippen LogP contribution is 2.25. The fourth-order valence-electron chi connectivity index (χ4n) is 2.45. The predicted molar refractivity (Wildman–Crippen MR) is 119 cm³/mol. The number of rotatable bonds is 3. The van der Waals surface area contributed by atoms with Gasteiger partial charge < -0.3 is 15.0 Å². The third-order valence-electron chi connectivity index (χ3n) is 3.55. The zero-order valence-electron chi connectivity index (χ0n) is 18.5. The minimum atomic E-state index is -1.54. The number of aromatic nitrogens is 2. The first-order chi connectivity index (χ1) is 13.2. The Hall–Kier alpha value is -2.63. The van der Waals surface area contributed by atoms with E-state index in [-0.39, 0.29) is 12.5 Å². The highest BCUT2D eigenvalue weighted by molar-refractivity contribution is 6.83. The van der Waals surface area contributed by atoms with E-state index in [1.54, 1.807) is 45.8 Å². The lowest BCUT2D eigenvalue weighted by molar-refractivity contribution is -0.116. The number of amides is 1. The first kappa shape index (κ1) is 22.7. The SMILES string of the molecule is CN(C)CC(=O)Nc1nn(C(=O)OC(C)(C)C)c2ccc(C#C[Si](C)(C)C)cc12. The Morgan fingerprint density at radius 1 is 1.24 bits per heavy atom. The molecular formula is C21H30N4O3Si. The van der Waals surface area contributed by atoms with Gasteiger partial charge >= 0.3 is 6.09 Å². The van der Waals surface area contributed by atoms with E-state index in [4.69, 9.17) is 4.74 Å². The molecule has 0 atom stereocenters. The standard InChI is InChI=1S/C21H30N4O3Si/c1-21(2,3)28-20(27)25-17-10-9-15(11-12-29(6,7)8)13-16(17)19(23-25)22-18(26)14-24(4)5/h9-10,13H,14H2,1-8H3,(H,22,23,26). The number of hydrogen-bond donors (Lipinski definition) is 1. The topological polar surface area (TPSA) is 76.5 Å². The van der Waals surface area contributed by atoms with Gasteiger partial charge in [-0.05, 0) is 53.1 Å². The highest BCUT2D eigenvalue weighted by Gasteiger charge is 2.23. The average molecular weight is 415 g/mol. The lowest BCUT2D eigenvalue weighted by Crippen LogP contribution is -2.28. The number of nitrogens with one attached hydrogen (secondary N) is 1. The van der Waals surface area contributed by atoms with Crippen LogP contribution in [-0.4, -0.2) is 61.0 Å². The minimum Gasteiger partial charge on any atom is -0.442 e. The molecule has 0 aliphatic heterocycles. The second kappa shape index (κ2) is 8.39. The number of carbonyl (C=O) groups is 2. The Bertz CT molecular complexity index is 985. The number of anilines is 1. The van der Waals surface area contributed by atoms with Crippen LogP contribution in [0.1, 0.15) is 26.3 Å². The van der Waals surface area contributed by atoms with Gasteiger partial charge in [-0.15, -0.1) is 10.6 Å². The number of benzene rings is 1. The fraction of sp³-hybridized carbons (Fsp3) is 0.476. The molecule has 0 saturated carbocycles. The van der Waals surface area contributed by atoms with E-state index in [9.17, 15) is 9.59 Å². The highest BCUT2D eigenvalue weighted by atomic mass is 28.3. The zero-order valence-corrected chi connectivity index (χ0v) is 19.5. The molecule has 0 fully saturated rings. The zero-order chi connectivity index (χ0) is 22.0. The van der Waals surface area contributed by atoms with Crippen LogP contribution in [0.2, 0.25) is 19.6 Å². The summed E-state index contributed by atoms with van der Waals surface area (Å²) in [6, 6.07) is 5.48. The van der Waals surface area contributed by atoms with Crippen molar-refractivity contribution in [3.63, 3.8) is 0 Å². The van der Waals surface area contributed by atoms with Gasteiger partial charge in [0.1, 0.15) is 13.7 Å². The van der Waals surface area contributed by atoms with Crippen LogP contribution in [0.25, 0.3) is 10.9 Å². The summed E-state index contributed by atoms with van der Waals surface area (Å²) >= 11 is 0. The van der Waals surface area contributed by atoms with Crippen LogP contribution in [0, 0.1) is 11.5 Å². The largest absolute Gasteiger partial charge is 0.442 e. The molecule has 2 aromatic rings. The van der Waals surface area contributed by atoms with Crippen molar-refractivity contribution in [2.24, 2.45) is 0 Å². The van der Waals surface area contributed by atoms with Crippen LogP contribution in [-0.2, 0) is 9.53 Å². The molecule has 29 heavy (non-hydrogen) atoms. The van der Waals surface area contributed by atoms with Crippen molar-refractivity contribution >= 4 is 36.8 Å². The summed E-state index contributed by atoms with van der Waals surface area (Å²) in [4.78, 5) is 26.7. The molecule has 0 unspecified atom stereocenters. The summed E-state index contributed by atoms with van der Waals surface area (Å²) in [5.41, 5.74) is 4.03. The van der Waals surface area contributed by atoms with Gasteiger partial charge in [-0.3, -0.25) is 4.79 Å². The smallest absolute Gasteiger partial charge is 0.435 e. The van der Waals surface area contributed by atoms with Gasteiger partial charge in [0.05, 0.1) is 12.1 Å². The summed E-state index contributed by atoms with van der Waals surface area (Å²) in [5, 5.41) is 7.76. The van der Waals surface area contributed by atoms with Crippen LogP contribution >= 0.6 is 0 Å². The van der Waals surface area contributed by atoms with Crippen LogP contribution in [0.4, 0.5) is 10.6 Å². The molecule has 0 aliphatic rings. The van der Waals surface area contributed by atoms with Crippen LogP contribution in [0.5, 0.6) is 0 Å². The molecular weight excluding hydrogens is 384 g/mol. The Balaban J connectivity index is 2.53. The molecule has 1 aromatic carbocycles. The first-order valence-electron chi connectivity index (χ1n) is 9.49. The quantitative estimate of drug-likeness (QED) is 0.614. The lowest BCUT2D eigenvalue weighted by Gasteiger charge is -2.19. The van der Waals surface area contributed by atoms with Crippen molar-refractivity contribution < 1.29 is 14.3 Å². The van der Waals surface area contributed by atoms with E-state index in [2.05, 4.69) is 41.5 Å². The van der Waals surface area contributed by atoms with Gasteiger partial charge in [0.2, 0.25) is 5.91 Å². The van der Waals surface area contributed by atoms with Crippen molar-refractivity contribution in [1.82, 2.24) is 14.7 Å². The van der Waals surface area contributed by atoms with Crippen molar-refractivity contribution in [2.75, 3.05) is 26.0 Å². The van der Waals surface area contributed by atoms with Crippen molar-refractivity contribution in [2.45, 2.75) is 46.0 Å². The van der Waals surface area contributed by atoms with E-state index in [0.717, 1.165) is 5.56 Å². The number of likely N-dealkylation sites (N-methyl/N-ethyl adjacent to an activating group) is 1. The molecule has 1 aromatic heterocycles. The molecule has 1 heterocycles. The van der Waals surface area contributed by atoms with Crippen molar-refractivity contribution in [1.29, 1.82) is 0 Å². The molecule has 7 nitrogen and oxygen atoms in total. The van der Waals surface area contributed by atoms with Crippen LogP contribution in [0.3, 0.4) is 0 Å². The minimum absolute atomic E-state index is 0.204. The van der Waals surface area contributed by atoms with E-state index < -0.39 is 19.8 Å². The molecule has 0 saturated heterocycles. The second-order valence-corrected chi connectivity index (χ2v) is 14.0. The molecule has 0 radical (unpaired) electrons. The predicted octanol–water partition coefficient (Wildman–Crippen LogP) is 3.55. The molecule has 1 amide bonds. The maximum atomic E-state index is 12.6.